The number of anilines is 1. The van der Waals surface area contributed by atoms with Gasteiger partial charge in [0.1, 0.15) is 5.75 Å². The van der Waals surface area contributed by atoms with Crippen LogP contribution in [0.4, 0.5) is 5.13 Å². The monoisotopic (exact) mass is 283 g/mol. The number of nitrogens with one attached hydrogen (secondary N) is 1. The van der Waals surface area contributed by atoms with E-state index in [4.69, 9.17) is 0 Å². The van der Waals surface area contributed by atoms with Gasteiger partial charge in [0.25, 0.3) is 0 Å². The van der Waals surface area contributed by atoms with Crippen molar-refractivity contribution in [1.82, 2.24) is 9.36 Å². The summed E-state index contributed by atoms with van der Waals surface area (Å²) in [7, 11) is 0. The van der Waals surface area contributed by atoms with Crippen molar-refractivity contribution in [2.45, 2.75) is 6.54 Å². The molecule has 0 atom stereocenters. The van der Waals surface area contributed by atoms with E-state index < -0.39 is 0 Å². The molecule has 3 aromatic rings. The Balaban J connectivity index is 1.69. The normalized spacial score (nSPS) is 10.4. The minimum atomic E-state index is 0.270. The fraction of sp³-hybridized carbons (Fsp3) is 0.0667. The second kappa shape index (κ2) is 5.71. The van der Waals surface area contributed by atoms with Gasteiger partial charge in [-0.1, -0.05) is 42.5 Å². The number of nitrogens with zero attached hydrogens (tertiary/aromatic N) is 2. The summed E-state index contributed by atoms with van der Waals surface area (Å²) < 4.78 is 4.33. The molecule has 0 amide bonds. The number of benzene rings is 2. The van der Waals surface area contributed by atoms with E-state index in [1.165, 1.54) is 11.5 Å². The molecule has 0 aliphatic rings. The van der Waals surface area contributed by atoms with Crippen LogP contribution < -0.4 is 5.32 Å². The van der Waals surface area contributed by atoms with Gasteiger partial charge in [0.2, 0.25) is 5.13 Å². The minimum Gasteiger partial charge on any atom is -0.508 e. The molecule has 0 saturated carbocycles. The van der Waals surface area contributed by atoms with Gasteiger partial charge in [-0.25, -0.2) is 0 Å². The van der Waals surface area contributed by atoms with E-state index in [9.17, 15) is 5.11 Å². The van der Waals surface area contributed by atoms with Gasteiger partial charge < -0.3 is 10.4 Å². The van der Waals surface area contributed by atoms with Crippen molar-refractivity contribution >= 4 is 16.7 Å². The molecule has 1 aromatic heterocycles. The third kappa shape index (κ3) is 2.95. The molecule has 0 aliphatic heterocycles. The minimum absolute atomic E-state index is 0.270. The zero-order valence-corrected chi connectivity index (χ0v) is 11.5. The molecule has 0 fully saturated rings. The summed E-state index contributed by atoms with van der Waals surface area (Å²) in [5, 5.41) is 13.4. The Labute approximate surface area is 120 Å². The smallest absolute Gasteiger partial charge is 0.203 e. The Kier molecular flexibility index (Phi) is 3.60. The Morgan fingerprint density at radius 3 is 2.70 bits per heavy atom. The lowest BCUT2D eigenvalue weighted by atomic mass is 10.2. The number of aromatic hydroxyl groups is 1. The predicted molar refractivity (Wildman–Crippen MR) is 80.8 cm³/mol. The van der Waals surface area contributed by atoms with E-state index in [2.05, 4.69) is 14.7 Å². The van der Waals surface area contributed by atoms with Gasteiger partial charge in [0, 0.05) is 23.6 Å². The molecule has 0 radical (unpaired) electrons. The Hall–Kier alpha value is -2.40. The van der Waals surface area contributed by atoms with Gasteiger partial charge in [0.05, 0.1) is 0 Å². The summed E-state index contributed by atoms with van der Waals surface area (Å²) >= 11 is 1.33. The molecular weight excluding hydrogens is 270 g/mol. The number of hydrogen-bond donors (Lipinski definition) is 2. The molecule has 4 nitrogen and oxygen atoms in total. The quantitative estimate of drug-likeness (QED) is 0.769. The van der Waals surface area contributed by atoms with Crippen LogP contribution in [-0.4, -0.2) is 14.5 Å². The summed E-state index contributed by atoms with van der Waals surface area (Å²) in [5.41, 5.74) is 2.01. The number of phenolic OH excluding ortho intramolecular Hbond substituents is 1. The molecule has 1 heterocycles. The zero-order valence-electron chi connectivity index (χ0n) is 10.7. The first-order valence-electron chi connectivity index (χ1n) is 6.22. The maximum Gasteiger partial charge on any atom is 0.203 e. The van der Waals surface area contributed by atoms with Crippen LogP contribution >= 0.6 is 11.5 Å². The Morgan fingerprint density at radius 1 is 1.05 bits per heavy atom. The summed E-state index contributed by atoms with van der Waals surface area (Å²) in [6.07, 6.45) is 0. The number of hydrogen-bond acceptors (Lipinski definition) is 5. The maximum atomic E-state index is 9.41. The highest BCUT2D eigenvalue weighted by Crippen LogP contribution is 2.21. The van der Waals surface area contributed by atoms with Gasteiger partial charge >= 0.3 is 0 Å². The van der Waals surface area contributed by atoms with Crippen LogP contribution in [0, 0.1) is 0 Å². The van der Waals surface area contributed by atoms with Crippen molar-refractivity contribution in [3.05, 3.63) is 60.2 Å². The van der Waals surface area contributed by atoms with Crippen molar-refractivity contribution in [2.75, 3.05) is 5.32 Å². The SMILES string of the molecule is Oc1cccc(CNc2nc(-c3ccccc3)ns2)c1. The fourth-order valence-corrected chi connectivity index (χ4v) is 2.43. The van der Waals surface area contributed by atoms with Crippen molar-refractivity contribution in [2.24, 2.45) is 0 Å². The van der Waals surface area contributed by atoms with E-state index in [-0.39, 0.29) is 5.75 Å². The summed E-state index contributed by atoms with van der Waals surface area (Å²) in [6.45, 7) is 0.609. The van der Waals surface area contributed by atoms with Crippen molar-refractivity contribution in [1.29, 1.82) is 0 Å². The number of rotatable bonds is 4. The van der Waals surface area contributed by atoms with Crippen LogP contribution in [0.1, 0.15) is 5.56 Å². The fourth-order valence-electron chi connectivity index (χ4n) is 1.84. The van der Waals surface area contributed by atoms with E-state index in [0.717, 1.165) is 22.1 Å². The summed E-state index contributed by atoms with van der Waals surface area (Å²) in [6, 6.07) is 17.0. The van der Waals surface area contributed by atoms with Gasteiger partial charge in [-0.3, -0.25) is 0 Å². The average molecular weight is 283 g/mol. The van der Waals surface area contributed by atoms with Crippen molar-refractivity contribution in [3.8, 4) is 17.1 Å². The van der Waals surface area contributed by atoms with E-state index in [1.807, 2.05) is 42.5 Å². The van der Waals surface area contributed by atoms with Gasteiger partial charge in [-0.05, 0) is 17.7 Å². The van der Waals surface area contributed by atoms with Crippen molar-refractivity contribution in [3.63, 3.8) is 0 Å². The lowest BCUT2D eigenvalue weighted by molar-refractivity contribution is 0.474. The molecule has 100 valence electrons. The molecule has 5 heteroatoms. The first-order chi connectivity index (χ1) is 9.81. The standard InChI is InChI=1S/C15H13N3OS/c19-13-8-4-5-11(9-13)10-16-15-17-14(18-20-15)12-6-2-1-3-7-12/h1-9,19H,10H2,(H,16,17,18). The van der Waals surface area contributed by atoms with E-state index in [0.29, 0.717) is 6.54 Å². The largest absolute Gasteiger partial charge is 0.508 e. The predicted octanol–water partition coefficient (Wildman–Crippen LogP) is 3.52. The van der Waals surface area contributed by atoms with Crippen LogP contribution in [0.2, 0.25) is 0 Å². The van der Waals surface area contributed by atoms with Crippen LogP contribution in [0.25, 0.3) is 11.4 Å². The highest BCUT2D eigenvalue weighted by molar-refractivity contribution is 7.09. The molecule has 3 rings (SSSR count). The molecule has 0 bridgehead atoms. The Bertz CT molecular complexity index is 697. The number of aromatic nitrogens is 2. The van der Waals surface area contributed by atoms with Crippen LogP contribution in [0.5, 0.6) is 5.75 Å². The zero-order chi connectivity index (χ0) is 13.8. The first-order valence-corrected chi connectivity index (χ1v) is 6.99. The molecule has 0 aliphatic carbocycles. The summed E-state index contributed by atoms with van der Waals surface area (Å²) in [4.78, 5) is 4.45. The highest BCUT2D eigenvalue weighted by Gasteiger charge is 2.05. The molecule has 20 heavy (non-hydrogen) atoms. The molecule has 0 unspecified atom stereocenters. The first kappa shape index (κ1) is 12.6. The topological polar surface area (TPSA) is 58.0 Å². The molecular formula is C15H13N3OS. The lowest BCUT2D eigenvalue weighted by Gasteiger charge is -2.02. The second-order valence-corrected chi connectivity index (χ2v) is 5.06. The van der Waals surface area contributed by atoms with Gasteiger partial charge in [0.15, 0.2) is 5.82 Å². The third-order valence-corrected chi connectivity index (χ3v) is 3.49. The van der Waals surface area contributed by atoms with Crippen LogP contribution in [0.15, 0.2) is 54.6 Å². The average Bonchev–Trinajstić information content (AvgIpc) is 2.95. The van der Waals surface area contributed by atoms with Gasteiger partial charge in [-0.2, -0.15) is 9.36 Å². The Morgan fingerprint density at radius 2 is 1.90 bits per heavy atom. The van der Waals surface area contributed by atoms with E-state index in [1.54, 1.807) is 12.1 Å². The molecule has 0 spiro atoms. The maximum absolute atomic E-state index is 9.41. The van der Waals surface area contributed by atoms with Crippen molar-refractivity contribution < 1.29 is 5.11 Å². The summed E-state index contributed by atoms with van der Waals surface area (Å²) in [5.74, 6) is 1.00. The molecule has 2 N–H and O–H groups in total. The second-order valence-electron chi connectivity index (χ2n) is 4.31. The van der Waals surface area contributed by atoms with Crippen LogP contribution in [-0.2, 0) is 6.54 Å². The molecule has 0 saturated heterocycles. The third-order valence-electron chi connectivity index (χ3n) is 2.81. The van der Waals surface area contributed by atoms with Crippen LogP contribution in [0.3, 0.4) is 0 Å². The number of phenols is 1. The van der Waals surface area contributed by atoms with Gasteiger partial charge in [-0.15, -0.1) is 0 Å². The molecule has 2 aromatic carbocycles. The lowest BCUT2D eigenvalue weighted by Crippen LogP contribution is -1.98. The van der Waals surface area contributed by atoms with E-state index >= 15 is 0 Å². The highest BCUT2D eigenvalue weighted by atomic mass is 32.1.